The average molecular weight is 302 g/mol. The molecule has 21 heavy (non-hydrogen) atoms. The van der Waals surface area contributed by atoms with Gasteiger partial charge >= 0.3 is 0 Å². The summed E-state index contributed by atoms with van der Waals surface area (Å²) in [6, 6.07) is 12.3. The second-order valence-corrected chi connectivity index (χ2v) is 5.30. The van der Waals surface area contributed by atoms with Gasteiger partial charge in [0.2, 0.25) is 0 Å². The summed E-state index contributed by atoms with van der Waals surface area (Å²) in [6.07, 6.45) is 0. The number of aromatic nitrogens is 2. The second-order valence-electron chi connectivity index (χ2n) is 4.91. The molecule has 0 aliphatic heterocycles. The highest BCUT2D eigenvalue weighted by Crippen LogP contribution is 2.27. The van der Waals surface area contributed by atoms with E-state index < -0.39 is 0 Å². The third-order valence-corrected chi connectivity index (χ3v) is 3.96. The fraction of sp³-hybridized carbons (Fsp3) is 0.188. The number of hydrogen-bond acceptors (Lipinski definition) is 2. The molecular formula is C16H15FN2OS. The van der Waals surface area contributed by atoms with Gasteiger partial charge in [0.05, 0.1) is 24.2 Å². The van der Waals surface area contributed by atoms with Crippen molar-refractivity contribution < 1.29 is 9.13 Å². The van der Waals surface area contributed by atoms with E-state index in [1.807, 2.05) is 29.7 Å². The molecule has 1 N–H and O–H groups in total. The molecule has 0 amide bonds. The van der Waals surface area contributed by atoms with Crippen molar-refractivity contribution in [3.8, 4) is 5.75 Å². The predicted octanol–water partition coefficient (Wildman–Crippen LogP) is 4.46. The number of imidazole rings is 1. The maximum Gasteiger partial charge on any atom is 0.178 e. The summed E-state index contributed by atoms with van der Waals surface area (Å²) in [6.45, 7) is 2.04. The molecule has 0 radical (unpaired) electrons. The highest BCUT2D eigenvalue weighted by atomic mass is 32.1. The van der Waals surface area contributed by atoms with E-state index in [1.165, 1.54) is 12.1 Å². The average Bonchev–Trinajstić information content (AvgIpc) is 2.82. The van der Waals surface area contributed by atoms with E-state index in [-0.39, 0.29) is 11.9 Å². The number of nitrogens with zero attached hydrogens (tertiary/aromatic N) is 1. The van der Waals surface area contributed by atoms with Crippen LogP contribution in [0.2, 0.25) is 0 Å². The second kappa shape index (κ2) is 5.33. The normalized spacial score (nSPS) is 12.5. The largest absolute Gasteiger partial charge is 0.497 e. The quantitative estimate of drug-likeness (QED) is 0.724. The molecule has 0 fully saturated rings. The topological polar surface area (TPSA) is 29.9 Å². The molecule has 0 saturated carbocycles. The fourth-order valence-corrected chi connectivity index (χ4v) is 2.87. The van der Waals surface area contributed by atoms with Crippen LogP contribution in [0.1, 0.15) is 18.5 Å². The van der Waals surface area contributed by atoms with Crippen LogP contribution in [0.15, 0.2) is 42.5 Å². The van der Waals surface area contributed by atoms with E-state index in [2.05, 4.69) is 4.98 Å². The molecule has 1 heterocycles. The molecule has 0 spiro atoms. The third-order valence-electron chi connectivity index (χ3n) is 3.66. The molecular weight excluding hydrogens is 287 g/mol. The van der Waals surface area contributed by atoms with E-state index in [9.17, 15) is 4.39 Å². The zero-order valence-electron chi connectivity index (χ0n) is 11.8. The van der Waals surface area contributed by atoms with Gasteiger partial charge in [-0.25, -0.2) is 4.39 Å². The first-order valence-electron chi connectivity index (χ1n) is 6.64. The first kappa shape index (κ1) is 13.8. The SMILES string of the molecule is COc1ccc2[nH]c(=S)n(C(C)c3ccc(F)cc3)c2c1. The van der Waals surface area contributed by atoms with Crippen LogP contribution in [-0.2, 0) is 0 Å². The van der Waals surface area contributed by atoms with Crippen LogP contribution in [0.4, 0.5) is 4.39 Å². The Bertz CT molecular complexity index is 836. The number of rotatable bonds is 3. The lowest BCUT2D eigenvalue weighted by molar-refractivity contribution is 0.415. The van der Waals surface area contributed by atoms with Crippen molar-refractivity contribution in [2.24, 2.45) is 0 Å². The molecule has 1 unspecified atom stereocenters. The van der Waals surface area contributed by atoms with E-state index >= 15 is 0 Å². The van der Waals surface area contributed by atoms with Gasteiger partial charge in [-0.1, -0.05) is 12.1 Å². The van der Waals surface area contributed by atoms with Gasteiger partial charge in [-0.15, -0.1) is 0 Å². The Hall–Kier alpha value is -2.14. The summed E-state index contributed by atoms with van der Waals surface area (Å²) < 4.78 is 21.0. The number of fused-ring (bicyclic) bond motifs is 1. The predicted molar refractivity (Wildman–Crippen MR) is 83.9 cm³/mol. The maximum absolute atomic E-state index is 13.1. The highest BCUT2D eigenvalue weighted by molar-refractivity contribution is 7.71. The smallest absolute Gasteiger partial charge is 0.178 e. The Balaban J connectivity index is 2.16. The number of hydrogen-bond donors (Lipinski definition) is 1. The van der Waals surface area contributed by atoms with Crippen molar-refractivity contribution in [3.05, 3.63) is 58.6 Å². The number of ether oxygens (including phenoxy) is 1. The summed E-state index contributed by atoms with van der Waals surface area (Å²) in [7, 11) is 1.64. The Morgan fingerprint density at radius 3 is 2.57 bits per heavy atom. The van der Waals surface area contributed by atoms with Crippen LogP contribution in [0.5, 0.6) is 5.75 Å². The monoisotopic (exact) mass is 302 g/mol. The van der Waals surface area contributed by atoms with Crippen LogP contribution in [0.25, 0.3) is 11.0 Å². The number of benzene rings is 2. The molecule has 3 rings (SSSR count). The molecule has 0 saturated heterocycles. The van der Waals surface area contributed by atoms with Gasteiger partial charge < -0.3 is 14.3 Å². The van der Waals surface area contributed by atoms with Crippen LogP contribution in [0, 0.1) is 10.6 Å². The van der Waals surface area contributed by atoms with Crippen LogP contribution in [0.3, 0.4) is 0 Å². The molecule has 3 aromatic rings. The van der Waals surface area contributed by atoms with Gasteiger partial charge in [0.1, 0.15) is 11.6 Å². The van der Waals surface area contributed by atoms with Crippen molar-refractivity contribution in [2.75, 3.05) is 7.11 Å². The van der Waals surface area contributed by atoms with Crippen molar-refractivity contribution in [1.82, 2.24) is 9.55 Å². The third kappa shape index (κ3) is 2.45. The summed E-state index contributed by atoms with van der Waals surface area (Å²) in [5.41, 5.74) is 2.92. The lowest BCUT2D eigenvalue weighted by Crippen LogP contribution is -2.06. The van der Waals surface area contributed by atoms with Gasteiger partial charge in [-0.2, -0.15) is 0 Å². The van der Waals surface area contributed by atoms with E-state index in [0.717, 1.165) is 22.3 Å². The molecule has 0 aliphatic carbocycles. The van der Waals surface area contributed by atoms with Gasteiger partial charge in [0.25, 0.3) is 0 Å². The minimum Gasteiger partial charge on any atom is -0.497 e. The molecule has 3 nitrogen and oxygen atoms in total. The zero-order valence-corrected chi connectivity index (χ0v) is 12.6. The number of halogens is 1. The zero-order chi connectivity index (χ0) is 15.0. The van der Waals surface area contributed by atoms with Crippen LogP contribution in [-0.4, -0.2) is 16.7 Å². The summed E-state index contributed by atoms with van der Waals surface area (Å²) in [5.74, 6) is 0.534. The Labute approximate surface area is 127 Å². The minimum absolute atomic E-state index is 0.000967. The molecule has 2 aromatic carbocycles. The number of methoxy groups -OCH3 is 1. The standard InChI is InChI=1S/C16H15FN2OS/c1-10(11-3-5-12(17)6-4-11)19-15-9-13(20-2)7-8-14(15)18-16(19)21/h3-10H,1-2H3,(H,18,21). The Morgan fingerprint density at radius 2 is 1.90 bits per heavy atom. The van der Waals surface area contributed by atoms with E-state index in [1.54, 1.807) is 19.2 Å². The van der Waals surface area contributed by atoms with Gasteiger partial charge in [0.15, 0.2) is 4.77 Å². The Morgan fingerprint density at radius 1 is 1.19 bits per heavy atom. The van der Waals surface area contributed by atoms with E-state index in [4.69, 9.17) is 17.0 Å². The summed E-state index contributed by atoms with van der Waals surface area (Å²) in [5, 5.41) is 0. The maximum atomic E-state index is 13.1. The molecule has 0 aliphatic rings. The lowest BCUT2D eigenvalue weighted by atomic mass is 10.1. The first-order valence-corrected chi connectivity index (χ1v) is 7.04. The fourth-order valence-electron chi connectivity index (χ4n) is 2.50. The molecule has 5 heteroatoms. The van der Waals surface area contributed by atoms with Crippen LogP contribution < -0.4 is 4.74 Å². The number of H-pyrrole nitrogens is 1. The molecule has 108 valence electrons. The van der Waals surface area contributed by atoms with Crippen molar-refractivity contribution in [2.45, 2.75) is 13.0 Å². The molecule has 1 atom stereocenters. The Kier molecular flexibility index (Phi) is 3.51. The van der Waals surface area contributed by atoms with Crippen LogP contribution >= 0.6 is 12.2 Å². The van der Waals surface area contributed by atoms with Crippen molar-refractivity contribution in [1.29, 1.82) is 0 Å². The summed E-state index contributed by atoms with van der Waals surface area (Å²) in [4.78, 5) is 3.19. The number of nitrogens with one attached hydrogen (secondary N) is 1. The van der Waals surface area contributed by atoms with Crippen molar-refractivity contribution >= 4 is 23.3 Å². The number of aromatic amines is 1. The van der Waals surface area contributed by atoms with E-state index in [0.29, 0.717) is 4.77 Å². The lowest BCUT2D eigenvalue weighted by Gasteiger charge is -2.15. The van der Waals surface area contributed by atoms with Gasteiger partial charge in [-0.3, -0.25) is 0 Å². The van der Waals surface area contributed by atoms with Crippen molar-refractivity contribution in [3.63, 3.8) is 0 Å². The molecule has 0 bridgehead atoms. The first-order chi connectivity index (χ1) is 10.1. The summed E-state index contributed by atoms with van der Waals surface area (Å²) >= 11 is 5.43. The molecule has 1 aromatic heterocycles. The van der Waals surface area contributed by atoms with Gasteiger partial charge in [0, 0.05) is 6.07 Å². The highest BCUT2D eigenvalue weighted by Gasteiger charge is 2.13. The minimum atomic E-state index is -0.241. The van der Waals surface area contributed by atoms with Gasteiger partial charge in [-0.05, 0) is 49.0 Å².